The molecule has 152 valence electrons. The van der Waals surface area contributed by atoms with Gasteiger partial charge in [-0.2, -0.15) is 5.10 Å². The maximum Gasteiger partial charge on any atom is 0.263 e. The second-order valence-electron chi connectivity index (χ2n) is 6.31. The SMILES string of the molecule is COc1cc(CF)ccc1-c1nncc2cc(S(=O)(=O)Nc3ccncn3)ccc12. The summed E-state index contributed by atoms with van der Waals surface area (Å²) in [6.45, 7) is -0.613. The van der Waals surface area contributed by atoms with Gasteiger partial charge in [-0.15, -0.1) is 5.10 Å². The van der Waals surface area contributed by atoms with Gasteiger partial charge in [-0.1, -0.05) is 12.1 Å². The van der Waals surface area contributed by atoms with Gasteiger partial charge in [0.25, 0.3) is 10.0 Å². The van der Waals surface area contributed by atoms with Crippen LogP contribution in [0, 0.1) is 0 Å². The number of sulfonamides is 1. The van der Waals surface area contributed by atoms with Gasteiger partial charge < -0.3 is 4.74 Å². The first-order valence-corrected chi connectivity index (χ1v) is 10.3. The lowest BCUT2D eigenvalue weighted by atomic mass is 10.0. The summed E-state index contributed by atoms with van der Waals surface area (Å²) in [5.74, 6) is 0.616. The van der Waals surface area contributed by atoms with Crippen molar-refractivity contribution in [3.05, 3.63) is 66.7 Å². The lowest BCUT2D eigenvalue weighted by Crippen LogP contribution is -2.14. The van der Waals surface area contributed by atoms with Gasteiger partial charge in [0, 0.05) is 22.5 Å². The Hall–Kier alpha value is -3.66. The molecular formula is C20H16FN5O3S. The minimum absolute atomic E-state index is 0.0484. The van der Waals surface area contributed by atoms with E-state index in [1.54, 1.807) is 24.3 Å². The summed E-state index contributed by atoms with van der Waals surface area (Å²) in [5, 5.41) is 9.44. The van der Waals surface area contributed by atoms with Gasteiger partial charge in [-0.25, -0.2) is 22.8 Å². The van der Waals surface area contributed by atoms with Crippen LogP contribution in [0.4, 0.5) is 10.2 Å². The summed E-state index contributed by atoms with van der Waals surface area (Å²) in [6.07, 6.45) is 4.17. The molecule has 0 saturated heterocycles. The third-order valence-electron chi connectivity index (χ3n) is 4.44. The predicted molar refractivity (Wildman–Crippen MR) is 109 cm³/mol. The normalized spacial score (nSPS) is 11.4. The van der Waals surface area contributed by atoms with Gasteiger partial charge >= 0.3 is 0 Å². The molecule has 10 heteroatoms. The highest BCUT2D eigenvalue weighted by Gasteiger charge is 2.18. The lowest BCUT2D eigenvalue weighted by molar-refractivity contribution is 0.413. The number of alkyl halides is 1. The largest absolute Gasteiger partial charge is 0.496 e. The Kier molecular flexibility index (Phi) is 5.23. The van der Waals surface area contributed by atoms with Gasteiger partial charge in [-0.05, 0) is 35.9 Å². The number of hydrogen-bond acceptors (Lipinski definition) is 7. The summed E-state index contributed by atoms with van der Waals surface area (Å²) < 4.78 is 46.2. The molecule has 0 amide bonds. The van der Waals surface area contributed by atoms with E-state index in [9.17, 15) is 12.8 Å². The van der Waals surface area contributed by atoms with E-state index >= 15 is 0 Å². The molecule has 4 rings (SSSR count). The van der Waals surface area contributed by atoms with Gasteiger partial charge in [0.1, 0.15) is 30.3 Å². The van der Waals surface area contributed by atoms with Crippen LogP contribution in [0.1, 0.15) is 5.56 Å². The van der Waals surface area contributed by atoms with Crippen LogP contribution < -0.4 is 9.46 Å². The number of methoxy groups -OCH3 is 1. The topological polar surface area (TPSA) is 107 Å². The van der Waals surface area contributed by atoms with Crippen molar-refractivity contribution in [1.82, 2.24) is 20.2 Å². The molecule has 2 heterocycles. The molecule has 2 aromatic heterocycles. The Morgan fingerprint density at radius 2 is 2.00 bits per heavy atom. The van der Waals surface area contributed by atoms with E-state index in [4.69, 9.17) is 4.74 Å². The van der Waals surface area contributed by atoms with E-state index < -0.39 is 16.7 Å². The van der Waals surface area contributed by atoms with E-state index in [-0.39, 0.29) is 10.7 Å². The van der Waals surface area contributed by atoms with E-state index in [0.717, 1.165) is 0 Å². The summed E-state index contributed by atoms with van der Waals surface area (Å²) in [5.41, 5.74) is 1.61. The Balaban J connectivity index is 1.78. The second-order valence-corrected chi connectivity index (χ2v) is 7.99. The minimum atomic E-state index is -3.86. The van der Waals surface area contributed by atoms with Crippen molar-refractivity contribution in [3.63, 3.8) is 0 Å². The van der Waals surface area contributed by atoms with Crippen molar-refractivity contribution in [1.29, 1.82) is 0 Å². The Labute approximate surface area is 171 Å². The van der Waals surface area contributed by atoms with Crippen molar-refractivity contribution in [3.8, 4) is 17.0 Å². The molecule has 0 bridgehead atoms. The van der Waals surface area contributed by atoms with Gasteiger partial charge in [0.2, 0.25) is 0 Å². The molecule has 4 aromatic rings. The molecule has 0 spiro atoms. The third kappa shape index (κ3) is 3.77. The fourth-order valence-electron chi connectivity index (χ4n) is 2.99. The second kappa shape index (κ2) is 7.99. The zero-order chi connectivity index (χ0) is 21.1. The molecule has 0 saturated carbocycles. The number of anilines is 1. The van der Waals surface area contributed by atoms with Crippen LogP contribution in [0.3, 0.4) is 0 Å². The zero-order valence-electron chi connectivity index (χ0n) is 15.8. The highest BCUT2D eigenvalue weighted by atomic mass is 32.2. The minimum Gasteiger partial charge on any atom is -0.496 e. The molecule has 0 fully saturated rings. The number of aromatic nitrogens is 4. The maximum absolute atomic E-state index is 13.0. The Bertz CT molecular complexity index is 1320. The van der Waals surface area contributed by atoms with E-state index in [2.05, 4.69) is 24.9 Å². The highest BCUT2D eigenvalue weighted by molar-refractivity contribution is 7.92. The average molecular weight is 425 g/mol. The molecule has 0 aliphatic carbocycles. The maximum atomic E-state index is 13.0. The number of nitrogens with zero attached hydrogens (tertiary/aromatic N) is 4. The predicted octanol–water partition coefficient (Wildman–Crippen LogP) is 3.37. The van der Waals surface area contributed by atoms with Crippen molar-refractivity contribution >= 4 is 26.6 Å². The molecule has 8 nitrogen and oxygen atoms in total. The van der Waals surface area contributed by atoms with Crippen molar-refractivity contribution < 1.29 is 17.5 Å². The van der Waals surface area contributed by atoms with Crippen LogP contribution in [-0.2, 0) is 16.7 Å². The van der Waals surface area contributed by atoms with Gasteiger partial charge in [0.15, 0.2) is 0 Å². The summed E-state index contributed by atoms with van der Waals surface area (Å²) in [6, 6.07) is 11.0. The van der Waals surface area contributed by atoms with Crippen LogP contribution >= 0.6 is 0 Å². The standard InChI is InChI=1S/C20H16FN5O3S/c1-29-18-8-13(10-21)2-4-17(18)20-16-5-3-15(9-14(16)11-24-25-20)30(27,28)26-19-6-7-22-12-23-19/h2-9,11-12H,10H2,1H3,(H,22,23,26). The summed E-state index contributed by atoms with van der Waals surface area (Å²) in [4.78, 5) is 7.68. The first kappa shape index (κ1) is 19.6. The molecule has 2 aromatic carbocycles. The average Bonchev–Trinajstić information content (AvgIpc) is 2.78. The number of hydrogen-bond donors (Lipinski definition) is 1. The molecule has 0 aliphatic rings. The first-order chi connectivity index (χ1) is 14.5. The van der Waals surface area contributed by atoms with Crippen LogP contribution in [0.2, 0.25) is 0 Å². The number of halogens is 1. The lowest BCUT2D eigenvalue weighted by Gasteiger charge is -2.12. The summed E-state index contributed by atoms with van der Waals surface area (Å²) in [7, 11) is -2.37. The number of nitrogens with one attached hydrogen (secondary N) is 1. The molecule has 30 heavy (non-hydrogen) atoms. The fraction of sp³-hybridized carbons (Fsp3) is 0.100. The number of benzene rings is 2. The smallest absolute Gasteiger partial charge is 0.263 e. The van der Waals surface area contributed by atoms with E-state index in [1.165, 1.54) is 44.0 Å². The third-order valence-corrected chi connectivity index (χ3v) is 5.79. The molecular weight excluding hydrogens is 409 g/mol. The number of ether oxygens (including phenoxy) is 1. The van der Waals surface area contributed by atoms with Gasteiger partial charge in [0.05, 0.1) is 18.2 Å². The fourth-order valence-corrected chi connectivity index (χ4v) is 4.04. The van der Waals surface area contributed by atoms with Crippen molar-refractivity contribution in [2.24, 2.45) is 0 Å². The Morgan fingerprint density at radius 3 is 2.73 bits per heavy atom. The Morgan fingerprint density at radius 1 is 1.13 bits per heavy atom. The molecule has 0 atom stereocenters. The van der Waals surface area contributed by atoms with Crippen LogP contribution in [-0.4, -0.2) is 35.7 Å². The van der Waals surface area contributed by atoms with Crippen LogP contribution in [0.15, 0.2) is 66.1 Å². The highest BCUT2D eigenvalue weighted by Crippen LogP contribution is 2.34. The van der Waals surface area contributed by atoms with Crippen molar-refractivity contribution in [2.45, 2.75) is 11.6 Å². The number of rotatable bonds is 6. The zero-order valence-corrected chi connectivity index (χ0v) is 16.6. The van der Waals surface area contributed by atoms with Crippen molar-refractivity contribution in [2.75, 3.05) is 11.8 Å². The molecule has 1 N–H and O–H groups in total. The van der Waals surface area contributed by atoms with E-state index in [0.29, 0.717) is 33.3 Å². The monoisotopic (exact) mass is 425 g/mol. The van der Waals surface area contributed by atoms with Crippen LogP contribution in [0.5, 0.6) is 5.75 Å². The quantitative estimate of drug-likeness (QED) is 0.505. The molecule has 0 aliphatic heterocycles. The van der Waals surface area contributed by atoms with E-state index in [1.807, 2.05) is 0 Å². The van der Waals surface area contributed by atoms with Gasteiger partial charge in [-0.3, -0.25) is 4.72 Å². The molecule has 0 radical (unpaired) electrons. The molecule has 0 unspecified atom stereocenters. The first-order valence-electron chi connectivity index (χ1n) is 8.79. The number of fused-ring (bicyclic) bond motifs is 1. The van der Waals surface area contributed by atoms with Crippen LogP contribution in [0.25, 0.3) is 22.0 Å². The summed E-state index contributed by atoms with van der Waals surface area (Å²) >= 11 is 0.